The molecule has 1 aliphatic carbocycles. The van der Waals surface area contributed by atoms with Crippen LogP contribution < -0.4 is 4.90 Å². The molecule has 2 heterocycles. The first-order valence-electron chi connectivity index (χ1n) is 8.59. The quantitative estimate of drug-likeness (QED) is 0.853. The Morgan fingerprint density at radius 3 is 2.79 bits per heavy atom. The summed E-state index contributed by atoms with van der Waals surface area (Å²) in [4.78, 5) is 21.3. The van der Waals surface area contributed by atoms with Crippen molar-refractivity contribution in [3.8, 4) is 6.07 Å². The van der Waals surface area contributed by atoms with Crippen LogP contribution in [0.1, 0.15) is 24.8 Å². The molecule has 122 valence electrons. The molecule has 0 atom stereocenters. The molecule has 1 aromatic carbocycles. The molecule has 4 rings (SSSR count). The molecule has 2 aliphatic rings. The zero-order valence-electron chi connectivity index (χ0n) is 13.6. The minimum Gasteiger partial charge on any atom is -0.355 e. The Morgan fingerprint density at radius 2 is 2.00 bits per heavy atom. The number of amides is 1. The summed E-state index contributed by atoms with van der Waals surface area (Å²) in [5, 5.41) is 9.97. The van der Waals surface area contributed by atoms with Crippen LogP contribution in [-0.4, -0.2) is 42.0 Å². The normalized spacial score (nSPS) is 18.3. The SMILES string of the molecule is N#Cc1ccc2nc(N3CCCN(C(=O)C4CC4)CC3)ccc2c1. The number of hydrogen-bond donors (Lipinski definition) is 0. The molecule has 1 aliphatic heterocycles. The van der Waals surface area contributed by atoms with E-state index in [1.54, 1.807) is 6.07 Å². The van der Waals surface area contributed by atoms with Crippen LogP contribution in [-0.2, 0) is 4.79 Å². The van der Waals surface area contributed by atoms with Crippen LogP contribution in [0.15, 0.2) is 30.3 Å². The minimum absolute atomic E-state index is 0.296. The summed E-state index contributed by atoms with van der Waals surface area (Å²) in [5.41, 5.74) is 1.56. The third-order valence-electron chi connectivity index (χ3n) is 4.86. The van der Waals surface area contributed by atoms with E-state index in [0.717, 1.165) is 62.2 Å². The maximum atomic E-state index is 12.3. The van der Waals surface area contributed by atoms with Gasteiger partial charge in [0.25, 0.3) is 0 Å². The van der Waals surface area contributed by atoms with Gasteiger partial charge in [-0.05, 0) is 49.6 Å². The van der Waals surface area contributed by atoms with Crippen LogP contribution in [0, 0.1) is 17.2 Å². The van der Waals surface area contributed by atoms with E-state index in [2.05, 4.69) is 11.0 Å². The van der Waals surface area contributed by atoms with Crippen LogP contribution in [0.4, 0.5) is 5.82 Å². The van der Waals surface area contributed by atoms with Crippen molar-refractivity contribution in [2.45, 2.75) is 19.3 Å². The number of carbonyl (C=O) groups excluding carboxylic acids is 1. The molecule has 0 N–H and O–H groups in total. The first-order valence-corrected chi connectivity index (χ1v) is 8.59. The number of aromatic nitrogens is 1. The van der Waals surface area contributed by atoms with Crippen LogP contribution >= 0.6 is 0 Å². The Bertz CT molecular complexity index is 822. The lowest BCUT2D eigenvalue weighted by Gasteiger charge is -2.23. The van der Waals surface area contributed by atoms with Gasteiger partial charge < -0.3 is 9.80 Å². The molecule has 1 aromatic heterocycles. The van der Waals surface area contributed by atoms with E-state index in [1.165, 1.54) is 0 Å². The number of anilines is 1. The molecule has 1 saturated carbocycles. The van der Waals surface area contributed by atoms with Crippen molar-refractivity contribution >= 4 is 22.6 Å². The summed E-state index contributed by atoms with van der Waals surface area (Å²) in [5.74, 6) is 1.59. The number of nitriles is 1. The van der Waals surface area contributed by atoms with E-state index >= 15 is 0 Å². The monoisotopic (exact) mass is 320 g/mol. The molecule has 5 heteroatoms. The highest BCUT2D eigenvalue weighted by Crippen LogP contribution is 2.31. The molecule has 1 amide bonds. The molecule has 2 fully saturated rings. The predicted octanol–water partition coefficient (Wildman–Crippen LogP) is 2.56. The standard InChI is InChI=1S/C19H20N4O/c20-13-14-2-6-17-16(12-14)5-7-18(21-17)22-8-1-9-23(11-10-22)19(24)15-3-4-15/h2,5-7,12,15H,1,3-4,8-11H2. The van der Waals surface area contributed by atoms with Crippen molar-refractivity contribution in [1.29, 1.82) is 5.26 Å². The van der Waals surface area contributed by atoms with Crippen LogP contribution in [0.5, 0.6) is 0 Å². The molecular formula is C19H20N4O. The van der Waals surface area contributed by atoms with Gasteiger partial charge in [0.05, 0.1) is 17.1 Å². The Balaban J connectivity index is 1.52. The summed E-state index contributed by atoms with van der Waals surface area (Å²) >= 11 is 0. The fourth-order valence-corrected chi connectivity index (χ4v) is 3.32. The number of benzene rings is 1. The van der Waals surface area contributed by atoms with Crippen LogP contribution in [0.3, 0.4) is 0 Å². The van der Waals surface area contributed by atoms with Gasteiger partial charge in [-0.3, -0.25) is 4.79 Å². The second kappa shape index (κ2) is 6.12. The average Bonchev–Trinajstić information content (AvgIpc) is 3.46. The first kappa shape index (κ1) is 14.9. The predicted molar refractivity (Wildman–Crippen MR) is 92.6 cm³/mol. The third kappa shape index (κ3) is 2.92. The molecule has 1 saturated heterocycles. The van der Waals surface area contributed by atoms with Gasteiger partial charge in [0, 0.05) is 37.5 Å². The van der Waals surface area contributed by atoms with Gasteiger partial charge in [0.2, 0.25) is 5.91 Å². The van der Waals surface area contributed by atoms with E-state index in [-0.39, 0.29) is 0 Å². The Kier molecular flexibility index (Phi) is 3.81. The van der Waals surface area contributed by atoms with Crippen molar-refractivity contribution in [3.63, 3.8) is 0 Å². The second-order valence-electron chi connectivity index (χ2n) is 6.63. The molecule has 0 spiro atoms. The smallest absolute Gasteiger partial charge is 0.225 e. The Morgan fingerprint density at radius 1 is 1.12 bits per heavy atom. The number of carbonyl (C=O) groups is 1. The van der Waals surface area contributed by atoms with Gasteiger partial charge in [-0.1, -0.05) is 0 Å². The number of nitrogens with zero attached hydrogens (tertiary/aromatic N) is 4. The lowest BCUT2D eigenvalue weighted by molar-refractivity contribution is -0.132. The summed E-state index contributed by atoms with van der Waals surface area (Å²) in [6, 6.07) is 11.8. The topological polar surface area (TPSA) is 60.2 Å². The molecule has 2 aromatic rings. The molecule has 0 bridgehead atoms. The van der Waals surface area contributed by atoms with Crippen LogP contribution in [0.2, 0.25) is 0 Å². The summed E-state index contributed by atoms with van der Waals surface area (Å²) in [7, 11) is 0. The average molecular weight is 320 g/mol. The zero-order valence-corrected chi connectivity index (χ0v) is 13.6. The van der Waals surface area contributed by atoms with Crippen molar-refractivity contribution < 1.29 is 4.79 Å². The maximum absolute atomic E-state index is 12.3. The van der Waals surface area contributed by atoms with Gasteiger partial charge in [-0.25, -0.2) is 4.98 Å². The largest absolute Gasteiger partial charge is 0.355 e. The fourth-order valence-electron chi connectivity index (χ4n) is 3.32. The van der Waals surface area contributed by atoms with E-state index in [4.69, 9.17) is 10.2 Å². The molecule has 24 heavy (non-hydrogen) atoms. The Hall–Kier alpha value is -2.61. The highest BCUT2D eigenvalue weighted by molar-refractivity contribution is 5.82. The lowest BCUT2D eigenvalue weighted by atomic mass is 10.1. The van der Waals surface area contributed by atoms with Crippen molar-refractivity contribution in [2.75, 3.05) is 31.1 Å². The van der Waals surface area contributed by atoms with Gasteiger partial charge in [0.1, 0.15) is 5.82 Å². The van der Waals surface area contributed by atoms with Crippen LogP contribution in [0.25, 0.3) is 10.9 Å². The summed E-state index contributed by atoms with van der Waals surface area (Å²) in [6.45, 7) is 3.38. The third-order valence-corrected chi connectivity index (χ3v) is 4.86. The maximum Gasteiger partial charge on any atom is 0.225 e. The summed E-state index contributed by atoms with van der Waals surface area (Å²) < 4.78 is 0. The van der Waals surface area contributed by atoms with E-state index in [0.29, 0.717) is 17.4 Å². The van der Waals surface area contributed by atoms with Gasteiger partial charge >= 0.3 is 0 Å². The molecular weight excluding hydrogens is 300 g/mol. The molecule has 0 unspecified atom stereocenters. The van der Waals surface area contributed by atoms with Crippen molar-refractivity contribution in [3.05, 3.63) is 35.9 Å². The second-order valence-corrected chi connectivity index (χ2v) is 6.63. The minimum atomic E-state index is 0.296. The number of rotatable bonds is 2. The summed E-state index contributed by atoms with van der Waals surface area (Å²) in [6.07, 6.45) is 3.11. The van der Waals surface area contributed by atoms with E-state index in [9.17, 15) is 4.79 Å². The highest BCUT2D eigenvalue weighted by atomic mass is 16.2. The molecule has 0 radical (unpaired) electrons. The Labute approximate surface area is 141 Å². The number of pyridine rings is 1. The van der Waals surface area contributed by atoms with Crippen molar-refractivity contribution in [1.82, 2.24) is 9.88 Å². The highest BCUT2D eigenvalue weighted by Gasteiger charge is 2.33. The fraction of sp³-hybridized carbons (Fsp3) is 0.421. The van der Waals surface area contributed by atoms with Gasteiger partial charge in [0.15, 0.2) is 0 Å². The first-order chi connectivity index (χ1) is 11.7. The number of fused-ring (bicyclic) bond motifs is 1. The number of hydrogen-bond acceptors (Lipinski definition) is 4. The lowest BCUT2D eigenvalue weighted by Crippen LogP contribution is -2.36. The van der Waals surface area contributed by atoms with E-state index < -0.39 is 0 Å². The van der Waals surface area contributed by atoms with Crippen molar-refractivity contribution in [2.24, 2.45) is 5.92 Å². The van der Waals surface area contributed by atoms with E-state index in [1.807, 2.05) is 29.2 Å². The molecule has 5 nitrogen and oxygen atoms in total. The zero-order chi connectivity index (χ0) is 16.5. The van der Waals surface area contributed by atoms with Gasteiger partial charge in [-0.2, -0.15) is 5.26 Å². The van der Waals surface area contributed by atoms with Gasteiger partial charge in [-0.15, -0.1) is 0 Å².